The van der Waals surface area contributed by atoms with Crippen molar-refractivity contribution in [2.45, 2.75) is 82.8 Å². The zero-order valence-electron chi connectivity index (χ0n) is 16.4. The summed E-state index contributed by atoms with van der Waals surface area (Å²) in [7, 11) is 0. The van der Waals surface area contributed by atoms with Gasteiger partial charge in [0.1, 0.15) is 0 Å². The van der Waals surface area contributed by atoms with Crippen molar-refractivity contribution in [2.24, 2.45) is 0 Å². The first-order chi connectivity index (χ1) is 13.8. The summed E-state index contributed by atoms with van der Waals surface area (Å²) in [6.07, 6.45) is 6.98. The first-order valence-corrected chi connectivity index (χ1v) is 10.6. The summed E-state index contributed by atoms with van der Waals surface area (Å²) >= 11 is 5.63. The highest BCUT2D eigenvalue weighted by Gasteiger charge is 2.34. The standard InChI is InChI=1S/C21H28ClF3N2O2/c22-15-12-13-18(17(14-15)21(23,24)25)27-20(29)19(28)26-16-10-8-6-4-2-1-3-5-7-9-11-16/h12-14,16H,1-11H2,(H,26,28)(H,27,29). The first kappa shape index (κ1) is 23.5. The third kappa shape index (κ3) is 8.25. The van der Waals surface area contributed by atoms with Crippen LogP contribution in [0, 0.1) is 0 Å². The summed E-state index contributed by atoms with van der Waals surface area (Å²) in [5.74, 6) is -2.02. The highest BCUT2D eigenvalue weighted by atomic mass is 35.5. The Morgan fingerprint density at radius 3 is 1.90 bits per heavy atom. The first-order valence-electron chi connectivity index (χ1n) is 10.3. The molecule has 1 fully saturated rings. The molecule has 2 amide bonds. The number of carbonyl (C=O) groups excluding carboxylic acids is 2. The highest BCUT2D eigenvalue weighted by molar-refractivity contribution is 6.39. The molecule has 0 atom stereocenters. The summed E-state index contributed by atoms with van der Waals surface area (Å²) in [5, 5.41) is 4.67. The number of hydrogen-bond donors (Lipinski definition) is 2. The Morgan fingerprint density at radius 2 is 1.38 bits per heavy atom. The number of nitrogens with one attached hydrogen (secondary N) is 2. The Hall–Kier alpha value is -1.76. The largest absolute Gasteiger partial charge is 0.418 e. The number of anilines is 1. The molecule has 1 aromatic rings. The van der Waals surface area contributed by atoms with E-state index in [1.807, 2.05) is 0 Å². The van der Waals surface area contributed by atoms with Crippen LogP contribution in [0.5, 0.6) is 0 Å². The fourth-order valence-electron chi connectivity index (χ4n) is 3.60. The van der Waals surface area contributed by atoms with Crippen molar-refractivity contribution in [3.05, 3.63) is 28.8 Å². The molecule has 0 bridgehead atoms. The summed E-state index contributed by atoms with van der Waals surface area (Å²) < 4.78 is 39.5. The Bertz CT molecular complexity index is 683. The van der Waals surface area contributed by atoms with Crippen LogP contribution >= 0.6 is 11.6 Å². The van der Waals surface area contributed by atoms with Crippen LogP contribution in [-0.4, -0.2) is 17.9 Å². The van der Waals surface area contributed by atoms with Crippen molar-refractivity contribution in [1.29, 1.82) is 0 Å². The van der Waals surface area contributed by atoms with Crippen molar-refractivity contribution in [3.8, 4) is 0 Å². The molecule has 1 saturated carbocycles. The maximum absolute atomic E-state index is 13.2. The van der Waals surface area contributed by atoms with Crippen LogP contribution in [0.1, 0.15) is 76.2 Å². The highest BCUT2D eigenvalue weighted by Crippen LogP contribution is 2.36. The lowest BCUT2D eigenvalue weighted by molar-refractivity contribution is -0.138. The van der Waals surface area contributed by atoms with E-state index in [4.69, 9.17) is 11.6 Å². The van der Waals surface area contributed by atoms with Gasteiger partial charge in [-0.15, -0.1) is 0 Å². The van der Waals surface area contributed by atoms with Gasteiger partial charge in [0.05, 0.1) is 11.3 Å². The molecule has 0 spiro atoms. The van der Waals surface area contributed by atoms with Gasteiger partial charge in [-0.05, 0) is 31.0 Å². The lowest BCUT2D eigenvalue weighted by Crippen LogP contribution is -2.42. The van der Waals surface area contributed by atoms with E-state index in [-0.39, 0.29) is 11.1 Å². The van der Waals surface area contributed by atoms with E-state index < -0.39 is 29.2 Å². The molecule has 8 heteroatoms. The average molecular weight is 433 g/mol. The second-order valence-electron chi connectivity index (χ2n) is 7.57. The van der Waals surface area contributed by atoms with Crippen molar-refractivity contribution >= 4 is 29.1 Å². The Kier molecular flexibility index (Phi) is 9.27. The van der Waals surface area contributed by atoms with Gasteiger partial charge < -0.3 is 10.6 Å². The van der Waals surface area contributed by atoms with E-state index in [9.17, 15) is 22.8 Å². The average Bonchev–Trinajstić information content (AvgIpc) is 2.64. The zero-order chi connectivity index (χ0) is 21.3. The molecule has 1 aliphatic carbocycles. The van der Waals surface area contributed by atoms with Gasteiger partial charge in [0, 0.05) is 11.1 Å². The molecule has 29 heavy (non-hydrogen) atoms. The summed E-state index contributed by atoms with van der Waals surface area (Å²) in [6, 6.07) is 2.87. The predicted octanol–water partition coefficient (Wildman–Crippen LogP) is 6.09. The van der Waals surface area contributed by atoms with Gasteiger partial charge in [-0.25, -0.2) is 0 Å². The maximum atomic E-state index is 13.2. The van der Waals surface area contributed by atoms with Crippen molar-refractivity contribution in [1.82, 2.24) is 5.32 Å². The van der Waals surface area contributed by atoms with E-state index in [2.05, 4.69) is 10.6 Å². The number of amides is 2. The second-order valence-corrected chi connectivity index (χ2v) is 8.01. The van der Waals surface area contributed by atoms with Gasteiger partial charge in [0.15, 0.2) is 0 Å². The maximum Gasteiger partial charge on any atom is 0.418 e. The Morgan fingerprint density at radius 1 is 0.862 bits per heavy atom. The van der Waals surface area contributed by atoms with Gasteiger partial charge in [-0.1, -0.05) is 69.4 Å². The van der Waals surface area contributed by atoms with Crippen LogP contribution in [0.2, 0.25) is 5.02 Å². The van der Waals surface area contributed by atoms with Crippen LogP contribution in [-0.2, 0) is 15.8 Å². The van der Waals surface area contributed by atoms with Crippen LogP contribution in [0.15, 0.2) is 18.2 Å². The predicted molar refractivity (Wildman–Crippen MR) is 108 cm³/mol. The summed E-state index contributed by atoms with van der Waals surface area (Å²) in [4.78, 5) is 24.5. The van der Waals surface area contributed by atoms with Crippen LogP contribution in [0.3, 0.4) is 0 Å². The number of benzene rings is 1. The Balaban J connectivity index is 1.97. The Labute approximate surface area is 174 Å². The molecular formula is C21H28ClF3N2O2. The van der Waals surface area contributed by atoms with Gasteiger partial charge in [0.25, 0.3) is 0 Å². The number of carbonyl (C=O) groups is 2. The monoisotopic (exact) mass is 432 g/mol. The quantitative estimate of drug-likeness (QED) is 0.556. The molecule has 162 valence electrons. The second kappa shape index (κ2) is 11.4. The van der Waals surface area contributed by atoms with E-state index in [0.29, 0.717) is 0 Å². The van der Waals surface area contributed by atoms with Gasteiger partial charge in [-0.2, -0.15) is 13.2 Å². The van der Waals surface area contributed by atoms with Crippen molar-refractivity contribution < 1.29 is 22.8 Å². The third-order valence-corrected chi connectivity index (χ3v) is 5.42. The topological polar surface area (TPSA) is 58.2 Å². The molecule has 0 heterocycles. The minimum Gasteiger partial charge on any atom is -0.345 e. The fraction of sp³-hybridized carbons (Fsp3) is 0.619. The molecule has 1 aromatic carbocycles. The lowest BCUT2D eigenvalue weighted by Gasteiger charge is -2.20. The van der Waals surface area contributed by atoms with E-state index >= 15 is 0 Å². The normalized spacial score (nSPS) is 17.7. The molecular weight excluding hydrogens is 405 g/mol. The number of rotatable bonds is 2. The minimum absolute atomic E-state index is 0.104. The smallest absolute Gasteiger partial charge is 0.345 e. The van der Waals surface area contributed by atoms with E-state index in [1.54, 1.807) is 0 Å². The summed E-state index contributed by atoms with van der Waals surface area (Å²) in [6.45, 7) is 0. The van der Waals surface area contributed by atoms with Crippen molar-refractivity contribution in [2.75, 3.05) is 5.32 Å². The molecule has 1 aliphatic rings. The summed E-state index contributed by atoms with van der Waals surface area (Å²) in [5.41, 5.74) is -1.57. The SMILES string of the molecule is O=C(Nc1ccc(Cl)cc1C(F)(F)F)C(=O)NC1CCCCCCCCCCC1. The molecule has 0 radical (unpaired) electrons. The number of alkyl halides is 3. The van der Waals surface area contributed by atoms with E-state index in [1.165, 1.54) is 25.3 Å². The minimum atomic E-state index is -4.70. The zero-order valence-corrected chi connectivity index (χ0v) is 17.2. The third-order valence-electron chi connectivity index (χ3n) is 5.18. The molecule has 2 N–H and O–H groups in total. The molecule has 4 nitrogen and oxygen atoms in total. The molecule has 0 saturated heterocycles. The molecule has 0 aliphatic heterocycles. The lowest BCUT2D eigenvalue weighted by atomic mass is 9.98. The molecule has 0 unspecified atom stereocenters. The number of hydrogen-bond acceptors (Lipinski definition) is 2. The van der Waals surface area contributed by atoms with Gasteiger partial charge >= 0.3 is 18.0 Å². The fourth-order valence-corrected chi connectivity index (χ4v) is 3.77. The van der Waals surface area contributed by atoms with Crippen LogP contribution < -0.4 is 10.6 Å². The van der Waals surface area contributed by atoms with Crippen molar-refractivity contribution in [3.63, 3.8) is 0 Å². The van der Waals surface area contributed by atoms with E-state index in [0.717, 1.165) is 63.5 Å². The molecule has 2 rings (SSSR count). The van der Waals surface area contributed by atoms with Crippen LogP contribution in [0.4, 0.5) is 18.9 Å². The van der Waals surface area contributed by atoms with Gasteiger partial charge in [0.2, 0.25) is 0 Å². The number of halogens is 4. The molecule has 0 aromatic heterocycles. The van der Waals surface area contributed by atoms with Crippen LogP contribution in [0.25, 0.3) is 0 Å². The van der Waals surface area contributed by atoms with Gasteiger partial charge in [-0.3, -0.25) is 9.59 Å².